The van der Waals surface area contributed by atoms with Crippen LogP contribution in [0.15, 0.2) is 121 Å². The number of aromatic amines is 2. The molecular weight excluding hydrogens is 1260 g/mol. The number of benzene rings is 4. The molecule has 5 aliphatic rings. The summed E-state index contributed by atoms with van der Waals surface area (Å²) in [5, 5.41) is 168. The molecule has 18 atom stereocenters. The summed E-state index contributed by atoms with van der Waals surface area (Å²) in [6.45, 7) is -1.43. The zero-order valence-corrected chi connectivity index (χ0v) is 51.0. The summed E-state index contributed by atoms with van der Waals surface area (Å²) in [7, 11) is 0. The number of hydrogen-bond donors (Lipinski definition) is 18. The molecule has 5 aliphatic heterocycles. The number of H-pyrrole nitrogens is 2. The number of nitrogens with one attached hydrogen (secondary N) is 2. The maximum Gasteiger partial charge on any atom is 0.251 e. The van der Waals surface area contributed by atoms with Crippen LogP contribution in [0.25, 0.3) is 90.9 Å². The molecule has 12 rings (SSSR count). The van der Waals surface area contributed by atoms with E-state index in [1.54, 1.807) is 140 Å². The second-order valence-electron chi connectivity index (χ2n) is 23.6. The molecule has 0 saturated carbocycles. The van der Waals surface area contributed by atoms with E-state index in [9.17, 15) is 81.7 Å². The third kappa shape index (κ3) is 13.8. The third-order valence-electron chi connectivity index (χ3n) is 17.1. The molecule has 3 aromatic heterocycles. The Morgan fingerprint density at radius 2 is 0.708 bits per heavy atom. The molecule has 8 heterocycles. The minimum atomic E-state index is -2.25. The SMILES string of the molecule is C[C@@H](O)C(CO)OC(Oc1cccc(-c2c3nc(c(-c4cccc(OC5OC(CO)C(O)C(O)C5O)c4)c4ccc([nH]4)c(-c4cccc(OC5OC(CO)C(O)C(O)C5O)c4)c4nc(c(-c5cccc(OC6OC(CO)C(O)C(O)C6O)c5)c5ccc2[nH]5)C=C4)C=C3)c1)C(O)O. The molecule has 28 nitrogen and oxygen atoms in total. The standard InChI is InChI=1S/C68H72N4O24/c1-30(77)47(26-73)93-68(64(87)88)92-38-13-5-9-34(25-38)54-45-20-18-43(71-45)52(32-7-3-11-36(23-32)90-66-62(85)59(82)56(79)49(28-75)95-66)41-16-14-39(69-41)51(31-6-2-10-35(22-31)89-65-61(84)58(81)55(78)48(27-74)94-65)40-15-17-42(70-40)53(44-19-21-46(54)72-44)33-8-4-12-37(24-33)91-67-63(86)60(83)57(80)50(29-76)96-67/h2-25,30,47-50,55-69,72-88H,26-29H2,1H3/t30-,47?,48?,49?,50?,55?,56?,57?,58?,59?,60?,61?,62?,63?,65?,66?,67?,68?/m1/s1. The van der Waals surface area contributed by atoms with Gasteiger partial charge in [-0.25, -0.2) is 9.97 Å². The Morgan fingerprint density at radius 3 is 0.990 bits per heavy atom. The van der Waals surface area contributed by atoms with Crippen molar-refractivity contribution in [1.29, 1.82) is 0 Å². The number of ether oxygens (including phenoxy) is 8. The van der Waals surface area contributed by atoms with Crippen molar-refractivity contribution in [3.05, 3.63) is 144 Å². The summed E-state index contributed by atoms with van der Waals surface area (Å²) in [4.78, 5) is 17.9. The number of nitrogens with zero attached hydrogens (tertiary/aromatic N) is 2. The Bertz CT molecular complexity index is 4060. The predicted octanol–water partition coefficient (Wildman–Crippen LogP) is 0.634. The van der Waals surface area contributed by atoms with Crippen LogP contribution in [0.1, 0.15) is 29.7 Å². The molecule has 0 amide bonds. The molecule has 3 fully saturated rings. The van der Waals surface area contributed by atoms with Gasteiger partial charge >= 0.3 is 0 Å². The molecule has 96 heavy (non-hydrogen) atoms. The lowest BCUT2D eigenvalue weighted by Crippen LogP contribution is -2.60. The van der Waals surface area contributed by atoms with E-state index in [2.05, 4.69) is 9.97 Å². The van der Waals surface area contributed by atoms with Gasteiger partial charge in [-0.1, -0.05) is 48.5 Å². The second kappa shape index (κ2) is 28.9. The molecule has 0 aliphatic carbocycles. The first-order valence-electron chi connectivity index (χ1n) is 30.7. The predicted molar refractivity (Wildman–Crippen MR) is 340 cm³/mol. The van der Waals surface area contributed by atoms with Gasteiger partial charge in [-0.3, -0.25) is 0 Å². The third-order valence-corrected chi connectivity index (χ3v) is 17.1. The van der Waals surface area contributed by atoms with Gasteiger partial charge in [-0.05, 0) is 126 Å². The molecule has 3 saturated heterocycles. The Morgan fingerprint density at radius 1 is 0.406 bits per heavy atom. The van der Waals surface area contributed by atoms with Crippen molar-refractivity contribution in [3.63, 3.8) is 0 Å². The molecule has 17 unspecified atom stereocenters. The summed E-state index contributed by atoms with van der Waals surface area (Å²) in [6.07, 6.45) is -23.4. The lowest BCUT2D eigenvalue weighted by molar-refractivity contribution is -0.277. The number of fused-ring (bicyclic) bond motifs is 8. The van der Waals surface area contributed by atoms with Gasteiger partial charge in [0.2, 0.25) is 25.2 Å². The Kier molecular flexibility index (Phi) is 20.4. The number of rotatable bonds is 20. The maximum atomic E-state index is 11.0. The molecule has 28 heteroatoms. The van der Waals surface area contributed by atoms with E-state index in [1.807, 2.05) is 0 Å². The van der Waals surface area contributed by atoms with Crippen LogP contribution in [0, 0.1) is 0 Å². The van der Waals surface area contributed by atoms with Crippen molar-refractivity contribution >= 4 is 46.4 Å². The average molecular weight is 1330 g/mol. The molecule has 508 valence electrons. The first kappa shape index (κ1) is 67.8. The van der Waals surface area contributed by atoms with Gasteiger partial charge in [0.15, 0.2) is 0 Å². The normalized spacial score (nSPS) is 27.5. The van der Waals surface area contributed by atoms with E-state index in [-0.39, 0.29) is 23.0 Å². The second-order valence-corrected chi connectivity index (χ2v) is 23.6. The fourth-order valence-corrected chi connectivity index (χ4v) is 12.0. The van der Waals surface area contributed by atoms with E-state index in [4.69, 9.17) is 47.9 Å². The summed E-state index contributed by atoms with van der Waals surface area (Å²) < 4.78 is 47.3. The van der Waals surface area contributed by atoms with Crippen LogP contribution in [0.3, 0.4) is 0 Å². The summed E-state index contributed by atoms with van der Waals surface area (Å²) >= 11 is 0. The van der Waals surface area contributed by atoms with E-state index >= 15 is 0 Å². The van der Waals surface area contributed by atoms with Crippen molar-refractivity contribution in [2.75, 3.05) is 26.4 Å². The van der Waals surface area contributed by atoms with Crippen molar-refractivity contribution in [3.8, 4) is 67.5 Å². The van der Waals surface area contributed by atoms with Crippen molar-refractivity contribution < 1.29 is 120 Å². The molecule has 18 N–H and O–H groups in total. The van der Waals surface area contributed by atoms with Crippen LogP contribution in [-0.4, -0.2) is 245 Å². The van der Waals surface area contributed by atoms with Crippen molar-refractivity contribution in [2.45, 2.75) is 124 Å². The highest BCUT2D eigenvalue weighted by molar-refractivity contribution is 6.00. The Balaban J connectivity index is 1.09. The smallest absolute Gasteiger partial charge is 0.251 e. The highest BCUT2D eigenvalue weighted by Crippen LogP contribution is 2.42. The quantitative estimate of drug-likeness (QED) is 0.0465. The maximum absolute atomic E-state index is 11.0. The molecule has 0 spiro atoms. The lowest BCUT2D eigenvalue weighted by Gasteiger charge is -2.39. The van der Waals surface area contributed by atoms with Crippen molar-refractivity contribution in [2.24, 2.45) is 0 Å². The van der Waals surface area contributed by atoms with Gasteiger partial charge in [0.1, 0.15) is 102 Å². The first-order valence-corrected chi connectivity index (χ1v) is 30.7. The number of aliphatic hydroxyl groups excluding tert-OH is 15. The minimum Gasteiger partial charge on any atom is -0.462 e. The van der Waals surface area contributed by atoms with Crippen LogP contribution in [0.2, 0.25) is 0 Å². The van der Waals surface area contributed by atoms with E-state index in [0.717, 1.165) is 0 Å². The van der Waals surface area contributed by atoms with Gasteiger partial charge in [-0.2, -0.15) is 0 Å². The van der Waals surface area contributed by atoms with Gasteiger partial charge in [0.05, 0.1) is 55.3 Å². The topological polar surface area (TPSA) is 455 Å². The van der Waals surface area contributed by atoms with Crippen LogP contribution < -0.4 is 18.9 Å². The van der Waals surface area contributed by atoms with Crippen LogP contribution in [0.5, 0.6) is 23.0 Å². The fourth-order valence-electron chi connectivity index (χ4n) is 12.0. The van der Waals surface area contributed by atoms with E-state index in [1.165, 1.54) is 13.0 Å². The largest absolute Gasteiger partial charge is 0.462 e. The number of hydrogen-bond acceptors (Lipinski definition) is 26. The van der Waals surface area contributed by atoms with Gasteiger partial charge in [0, 0.05) is 44.3 Å². The molecule has 0 radical (unpaired) electrons. The first-order chi connectivity index (χ1) is 46.2. The van der Waals surface area contributed by atoms with Crippen LogP contribution >= 0.6 is 0 Å². The highest BCUT2D eigenvalue weighted by Gasteiger charge is 2.47. The Hall–Kier alpha value is -8.12. The summed E-state index contributed by atoms with van der Waals surface area (Å²) in [5.41, 5.74) is 7.02. The van der Waals surface area contributed by atoms with Gasteiger partial charge in [0.25, 0.3) is 6.29 Å². The van der Waals surface area contributed by atoms with Gasteiger partial charge < -0.3 is 130 Å². The van der Waals surface area contributed by atoms with Crippen LogP contribution in [0.4, 0.5) is 0 Å². The molecule has 7 aromatic rings. The number of aliphatic hydroxyl groups is 16. The number of aromatic nitrogens is 4. The average Bonchev–Trinajstić information content (AvgIpc) is 1.58. The zero-order chi connectivity index (χ0) is 67.8. The van der Waals surface area contributed by atoms with Gasteiger partial charge in [-0.15, -0.1) is 0 Å². The van der Waals surface area contributed by atoms with Crippen molar-refractivity contribution in [1.82, 2.24) is 19.9 Å². The highest BCUT2D eigenvalue weighted by atomic mass is 16.7. The monoisotopic (exact) mass is 1330 g/mol. The lowest BCUT2D eigenvalue weighted by atomic mass is 9.99. The minimum absolute atomic E-state index is 0.0588. The van der Waals surface area contributed by atoms with E-state index < -0.39 is 143 Å². The Labute approximate surface area is 545 Å². The zero-order valence-electron chi connectivity index (χ0n) is 51.0. The van der Waals surface area contributed by atoms with Crippen LogP contribution in [-0.2, 0) is 18.9 Å². The summed E-state index contributed by atoms with van der Waals surface area (Å²) in [6, 6.07) is 33.7. The molecular formula is C68H72N4O24. The molecule has 4 aromatic carbocycles. The fraction of sp³-hybridized carbons (Fsp3) is 0.353. The summed E-state index contributed by atoms with van der Waals surface area (Å²) in [5.74, 6) is 0.442. The van der Waals surface area contributed by atoms with E-state index in [0.29, 0.717) is 89.4 Å². The molecule has 8 bridgehead atoms.